The third-order valence-electron chi connectivity index (χ3n) is 15.4. The Balaban J connectivity index is 0.953. The predicted octanol–water partition coefficient (Wildman–Crippen LogP) is 14.5. The SMILES string of the molecule is Cc1ncsc1/C=C\C1=C(C(=O)OC(c2ccccc2)c2ccccc2)N2C(=O)C(NC(=O)/C(=N\OC(c3ccccc3)(c3ccccc3)c3ccccc3)c3nc(NC(c4ccccc4)(c4ccccc4)c4ccccc4)sc3Cl)C2CC1. The van der Waals surface area contributed by atoms with Gasteiger partial charge in [0.15, 0.2) is 16.9 Å². The summed E-state index contributed by atoms with van der Waals surface area (Å²) in [5.41, 5.74) is 7.11. The molecule has 4 heterocycles. The lowest BCUT2D eigenvalue weighted by Crippen LogP contribution is -2.72. The molecule has 2 amide bonds. The summed E-state index contributed by atoms with van der Waals surface area (Å²) >= 11 is 10.0. The standard InChI is InChI=1S/C70H55ClN6O5S2/c1-47-58(83-46-72-47)45-43-48-42-44-57-59(66(79)77(57)62(48)67(80)81-63(49-26-10-2-11-27-49)50-28-12-3-13-29-50)73-65(78)61(76-82-70(54-36-20-7-21-37-54,55-38-22-8-23-39-55)56-40-24-9-25-41-56)60-64(71)84-68(74-60)75-69(51-30-14-4-15-31-51,52-32-16-5-17-33-52)53-34-18-6-19-35-53/h2-41,43,45-46,57,59,63H,42,44H2,1H3,(H,73,78)(H,74,75)/b45-43-,76-61-. The number of thiazole rings is 2. The van der Waals surface area contributed by atoms with Crippen LogP contribution >= 0.6 is 34.3 Å². The van der Waals surface area contributed by atoms with Gasteiger partial charge in [-0.05, 0) is 59.2 Å². The van der Waals surface area contributed by atoms with Gasteiger partial charge in [0.1, 0.15) is 27.3 Å². The lowest BCUT2D eigenvalue weighted by molar-refractivity contribution is -0.158. The molecule has 2 aliphatic rings. The van der Waals surface area contributed by atoms with E-state index in [1.54, 1.807) is 5.51 Å². The molecule has 0 bridgehead atoms. The molecule has 1 fully saturated rings. The minimum atomic E-state index is -1.42. The second-order valence-electron chi connectivity index (χ2n) is 20.3. The average molecular weight is 1160 g/mol. The average Bonchev–Trinajstić information content (AvgIpc) is 1.77. The van der Waals surface area contributed by atoms with Crippen molar-refractivity contribution in [3.05, 3.63) is 331 Å². The van der Waals surface area contributed by atoms with Crippen molar-refractivity contribution in [1.82, 2.24) is 20.2 Å². The molecular formula is C70H55ClN6O5S2. The van der Waals surface area contributed by atoms with Crippen LogP contribution in [0, 0.1) is 6.92 Å². The Labute approximate surface area is 500 Å². The van der Waals surface area contributed by atoms with Gasteiger partial charge in [-0.15, -0.1) is 11.3 Å². The summed E-state index contributed by atoms with van der Waals surface area (Å²) in [6.07, 6.45) is 3.79. The first-order valence-electron chi connectivity index (χ1n) is 27.5. The number of carbonyl (C=O) groups excluding carboxylic acids is 3. The van der Waals surface area contributed by atoms with E-state index < -0.39 is 47.1 Å². The Bertz CT molecular complexity index is 3790. The maximum atomic E-state index is 15.7. The molecule has 1 saturated heterocycles. The number of allylic oxidation sites excluding steroid dienone is 2. The van der Waals surface area contributed by atoms with Crippen molar-refractivity contribution in [2.24, 2.45) is 5.16 Å². The number of nitrogens with one attached hydrogen (secondary N) is 2. The van der Waals surface area contributed by atoms with Crippen LogP contribution in [0.5, 0.6) is 0 Å². The zero-order valence-electron chi connectivity index (χ0n) is 45.5. The van der Waals surface area contributed by atoms with E-state index in [-0.39, 0.29) is 21.4 Å². The quantitative estimate of drug-likeness (QED) is 0.0269. The number of hydrogen-bond acceptors (Lipinski definition) is 11. The number of aryl methyl sites for hydroxylation is 1. The van der Waals surface area contributed by atoms with Crippen LogP contribution in [0.2, 0.25) is 4.34 Å². The van der Waals surface area contributed by atoms with Crippen LogP contribution in [0.4, 0.5) is 5.13 Å². The number of ether oxygens (including phenoxy) is 1. The molecule has 2 aliphatic heterocycles. The molecule has 2 atom stereocenters. The van der Waals surface area contributed by atoms with E-state index in [0.717, 1.165) is 66.4 Å². The van der Waals surface area contributed by atoms with Crippen molar-refractivity contribution in [1.29, 1.82) is 0 Å². The molecule has 0 radical (unpaired) electrons. The summed E-state index contributed by atoms with van der Waals surface area (Å²) in [7, 11) is 0. The number of benzene rings is 8. The molecule has 8 aromatic carbocycles. The number of carbonyl (C=O) groups is 3. The number of nitrogens with zero attached hydrogens (tertiary/aromatic N) is 4. The first-order valence-corrected chi connectivity index (χ1v) is 29.6. The molecule has 11 nitrogen and oxygen atoms in total. The minimum absolute atomic E-state index is 0.0166. The number of oxime groups is 1. The maximum absolute atomic E-state index is 15.7. The lowest BCUT2D eigenvalue weighted by atomic mass is 9.77. The van der Waals surface area contributed by atoms with E-state index in [1.165, 1.54) is 16.2 Å². The molecule has 2 aromatic heterocycles. The van der Waals surface area contributed by atoms with Crippen molar-refractivity contribution < 1.29 is 24.0 Å². The fourth-order valence-corrected chi connectivity index (χ4v) is 13.1. The zero-order valence-corrected chi connectivity index (χ0v) is 47.9. The fraction of sp³-hybridized carbons (Fsp3) is 0.114. The van der Waals surface area contributed by atoms with Gasteiger partial charge in [-0.2, -0.15) is 0 Å². The Morgan fingerprint density at radius 1 is 0.655 bits per heavy atom. The van der Waals surface area contributed by atoms with Gasteiger partial charge < -0.3 is 20.2 Å². The lowest BCUT2D eigenvalue weighted by Gasteiger charge is -2.50. The van der Waals surface area contributed by atoms with Crippen LogP contribution in [-0.4, -0.2) is 50.4 Å². The van der Waals surface area contributed by atoms with Crippen molar-refractivity contribution in [3.8, 4) is 0 Å². The Morgan fingerprint density at radius 2 is 1.11 bits per heavy atom. The van der Waals surface area contributed by atoms with Crippen LogP contribution in [0.3, 0.4) is 0 Å². The van der Waals surface area contributed by atoms with E-state index in [2.05, 4.69) is 52.0 Å². The molecule has 0 spiro atoms. The summed E-state index contributed by atoms with van der Waals surface area (Å²) in [4.78, 5) is 64.8. The van der Waals surface area contributed by atoms with Gasteiger partial charge in [0.25, 0.3) is 11.8 Å². The number of β-lactam (4-membered cyclic amide) rings is 1. The van der Waals surface area contributed by atoms with Gasteiger partial charge in [-0.25, -0.2) is 14.8 Å². The van der Waals surface area contributed by atoms with Crippen LogP contribution in [0.15, 0.2) is 271 Å². The topological polar surface area (TPSA) is 135 Å². The van der Waals surface area contributed by atoms with Crippen LogP contribution in [-0.2, 0) is 35.1 Å². The van der Waals surface area contributed by atoms with Crippen molar-refractivity contribution >= 4 is 69.0 Å². The molecule has 2 N–H and O–H groups in total. The molecule has 84 heavy (non-hydrogen) atoms. The number of amides is 2. The molecule has 10 aromatic rings. The minimum Gasteiger partial charge on any atom is -0.448 e. The number of esters is 1. The largest absolute Gasteiger partial charge is 0.448 e. The number of halogens is 1. The zero-order chi connectivity index (χ0) is 57.5. The van der Waals surface area contributed by atoms with E-state index in [9.17, 15) is 0 Å². The van der Waals surface area contributed by atoms with Gasteiger partial charge in [0.05, 0.1) is 17.2 Å². The summed E-state index contributed by atoms with van der Waals surface area (Å²) in [6.45, 7) is 1.92. The van der Waals surface area contributed by atoms with Gasteiger partial charge in [0, 0.05) is 21.6 Å². The second-order valence-corrected chi connectivity index (χ2v) is 22.8. The Morgan fingerprint density at radius 3 is 1.56 bits per heavy atom. The highest BCUT2D eigenvalue weighted by Gasteiger charge is 2.54. The third kappa shape index (κ3) is 10.8. The van der Waals surface area contributed by atoms with Crippen LogP contribution in [0.25, 0.3) is 6.08 Å². The number of fused-ring (bicyclic) bond motifs is 1. The Kier molecular flexibility index (Phi) is 16.1. The smallest absolute Gasteiger partial charge is 0.356 e. The molecule has 0 saturated carbocycles. The van der Waals surface area contributed by atoms with E-state index in [4.69, 9.17) is 31.3 Å². The maximum Gasteiger partial charge on any atom is 0.356 e. The predicted molar refractivity (Wildman–Crippen MR) is 332 cm³/mol. The van der Waals surface area contributed by atoms with E-state index >= 15 is 14.4 Å². The number of hydrogen-bond donors (Lipinski definition) is 2. The van der Waals surface area contributed by atoms with Gasteiger partial charge in [-0.1, -0.05) is 277 Å². The summed E-state index contributed by atoms with van der Waals surface area (Å²) in [5.74, 6) is -1.96. The summed E-state index contributed by atoms with van der Waals surface area (Å²) in [6, 6.07) is 76.5. The van der Waals surface area contributed by atoms with Crippen LogP contribution < -0.4 is 10.6 Å². The highest BCUT2D eigenvalue weighted by Crippen LogP contribution is 2.45. The van der Waals surface area contributed by atoms with Crippen molar-refractivity contribution in [2.45, 2.75) is 49.1 Å². The molecule has 14 heteroatoms. The van der Waals surface area contributed by atoms with Crippen molar-refractivity contribution in [3.63, 3.8) is 0 Å². The molecule has 0 aliphatic carbocycles. The van der Waals surface area contributed by atoms with E-state index in [1.807, 2.05) is 225 Å². The highest BCUT2D eigenvalue weighted by atomic mass is 35.5. The molecule has 414 valence electrons. The fourth-order valence-electron chi connectivity index (χ4n) is 11.3. The number of rotatable bonds is 19. The second kappa shape index (κ2) is 24.5. The van der Waals surface area contributed by atoms with Gasteiger partial charge in [0.2, 0.25) is 5.60 Å². The third-order valence-corrected chi connectivity index (χ3v) is 17.4. The van der Waals surface area contributed by atoms with Gasteiger partial charge >= 0.3 is 5.97 Å². The summed E-state index contributed by atoms with van der Waals surface area (Å²) in [5, 5.41) is 12.1. The Hall–Kier alpha value is -9.53. The summed E-state index contributed by atoms with van der Waals surface area (Å²) < 4.78 is 6.62. The molecule has 2 unspecified atom stereocenters. The van der Waals surface area contributed by atoms with Crippen molar-refractivity contribution in [2.75, 3.05) is 5.32 Å². The van der Waals surface area contributed by atoms with Crippen LogP contribution in [0.1, 0.15) is 79.7 Å². The number of anilines is 1. The highest BCUT2D eigenvalue weighted by molar-refractivity contribution is 7.20. The molecule has 12 rings (SSSR count). The first-order chi connectivity index (χ1) is 41.2. The van der Waals surface area contributed by atoms with E-state index in [0.29, 0.717) is 23.5 Å². The van der Waals surface area contributed by atoms with Gasteiger partial charge in [-0.3, -0.25) is 14.5 Å². The number of aromatic nitrogens is 2. The normalized spacial score (nSPS) is 15.3. The molecular weight excluding hydrogens is 1100 g/mol. The monoisotopic (exact) mass is 1160 g/mol. The first kappa shape index (κ1) is 55.0.